The molecule has 0 saturated heterocycles. The largest absolute Gasteiger partial charge is 0.387 e. The number of benzene rings is 1. The molecule has 2 atom stereocenters. The maximum atomic E-state index is 13.6. The van der Waals surface area contributed by atoms with Crippen molar-refractivity contribution in [2.75, 3.05) is 6.54 Å². The average molecular weight is 294 g/mol. The molecule has 1 aliphatic rings. The molecule has 0 spiro atoms. The molecule has 2 heterocycles. The van der Waals surface area contributed by atoms with Crippen LogP contribution >= 0.6 is 0 Å². The van der Waals surface area contributed by atoms with Crippen LogP contribution in [-0.4, -0.2) is 32.5 Å². The molecular weight excluding hydrogens is 278 g/mol. The number of halogens is 2. The van der Waals surface area contributed by atoms with Gasteiger partial charge in [0, 0.05) is 24.6 Å². The SMILES string of the molecule is O[C@@H](CN[C@H]1CCc2ncnn2C1)c1cc(F)ccc1F. The standard InChI is InChI=1S/C14H16F2N4O/c15-9-1-3-12(16)11(5-9)13(21)6-17-10-2-4-14-18-8-19-20(14)7-10/h1,3,5,8,10,13,17,21H,2,4,6-7H2/t10-,13-/m0/s1. The van der Waals surface area contributed by atoms with Gasteiger partial charge >= 0.3 is 0 Å². The molecule has 1 aromatic heterocycles. The number of aliphatic hydroxyl groups is 1. The number of fused-ring (bicyclic) bond motifs is 1. The molecule has 0 radical (unpaired) electrons. The predicted octanol–water partition coefficient (Wildman–Crippen LogP) is 1.19. The summed E-state index contributed by atoms with van der Waals surface area (Å²) in [5.74, 6) is -0.215. The molecule has 1 aliphatic heterocycles. The second kappa shape index (κ2) is 5.87. The molecule has 5 nitrogen and oxygen atoms in total. The van der Waals surface area contributed by atoms with Crippen LogP contribution in [-0.2, 0) is 13.0 Å². The van der Waals surface area contributed by atoms with Gasteiger partial charge in [-0.25, -0.2) is 18.4 Å². The van der Waals surface area contributed by atoms with Gasteiger partial charge in [-0.15, -0.1) is 0 Å². The van der Waals surface area contributed by atoms with E-state index in [0.29, 0.717) is 6.54 Å². The first-order valence-electron chi connectivity index (χ1n) is 6.86. The monoisotopic (exact) mass is 294 g/mol. The molecule has 21 heavy (non-hydrogen) atoms. The number of aliphatic hydroxyl groups excluding tert-OH is 1. The Balaban J connectivity index is 1.59. The zero-order valence-corrected chi connectivity index (χ0v) is 11.3. The Morgan fingerprint density at radius 1 is 1.43 bits per heavy atom. The van der Waals surface area contributed by atoms with Crippen molar-refractivity contribution in [2.24, 2.45) is 0 Å². The van der Waals surface area contributed by atoms with E-state index >= 15 is 0 Å². The molecule has 0 unspecified atom stereocenters. The van der Waals surface area contributed by atoms with E-state index in [1.807, 2.05) is 4.68 Å². The molecular formula is C14H16F2N4O. The Bertz CT molecular complexity index is 631. The normalized spacial score (nSPS) is 19.3. The second-order valence-corrected chi connectivity index (χ2v) is 5.18. The summed E-state index contributed by atoms with van der Waals surface area (Å²) < 4.78 is 28.5. The zero-order valence-electron chi connectivity index (χ0n) is 11.3. The lowest BCUT2D eigenvalue weighted by Gasteiger charge is -2.25. The van der Waals surface area contributed by atoms with Crippen molar-refractivity contribution in [1.82, 2.24) is 20.1 Å². The van der Waals surface area contributed by atoms with Gasteiger partial charge in [-0.3, -0.25) is 0 Å². The fourth-order valence-electron chi connectivity index (χ4n) is 2.56. The van der Waals surface area contributed by atoms with Crippen molar-refractivity contribution in [1.29, 1.82) is 0 Å². The molecule has 3 rings (SSSR count). The summed E-state index contributed by atoms with van der Waals surface area (Å²) >= 11 is 0. The Morgan fingerprint density at radius 3 is 3.14 bits per heavy atom. The van der Waals surface area contributed by atoms with Crippen LogP contribution < -0.4 is 5.32 Å². The lowest BCUT2D eigenvalue weighted by Crippen LogP contribution is -2.39. The molecule has 1 aromatic carbocycles. The third-order valence-corrected chi connectivity index (χ3v) is 3.72. The number of nitrogens with one attached hydrogen (secondary N) is 1. The third kappa shape index (κ3) is 3.08. The molecule has 0 saturated carbocycles. The third-order valence-electron chi connectivity index (χ3n) is 3.72. The minimum Gasteiger partial charge on any atom is -0.387 e. The molecule has 0 bridgehead atoms. The molecule has 0 aliphatic carbocycles. The first kappa shape index (κ1) is 14.1. The van der Waals surface area contributed by atoms with E-state index in [1.54, 1.807) is 0 Å². The van der Waals surface area contributed by atoms with Gasteiger partial charge in [0.2, 0.25) is 0 Å². The fraction of sp³-hybridized carbons (Fsp3) is 0.429. The summed E-state index contributed by atoms with van der Waals surface area (Å²) in [6, 6.07) is 3.21. The quantitative estimate of drug-likeness (QED) is 0.889. The first-order valence-corrected chi connectivity index (χ1v) is 6.86. The fourth-order valence-corrected chi connectivity index (χ4v) is 2.56. The summed E-state index contributed by atoms with van der Waals surface area (Å²) in [5.41, 5.74) is -0.0280. The lowest BCUT2D eigenvalue weighted by molar-refractivity contribution is 0.160. The number of nitrogens with zero attached hydrogens (tertiary/aromatic N) is 3. The van der Waals surface area contributed by atoms with E-state index in [1.165, 1.54) is 6.33 Å². The maximum Gasteiger partial charge on any atom is 0.138 e. The van der Waals surface area contributed by atoms with Gasteiger partial charge in [0.15, 0.2) is 0 Å². The number of hydrogen-bond donors (Lipinski definition) is 2. The highest BCUT2D eigenvalue weighted by Gasteiger charge is 2.21. The van der Waals surface area contributed by atoms with Crippen molar-refractivity contribution >= 4 is 0 Å². The summed E-state index contributed by atoms with van der Waals surface area (Å²) in [7, 11) is 0. The van der Waals surface area contributed by atoms with E-state index in [9.17, 15) is 13.9 Å². The van der Waals surface area contributed by atoms with Crippen LogP contribution in [0.3, 0.4) is 0 Å². The van der Waals surface area contributed by atoms with Gasteiger partial charge in [0.25, 0.3) is 0 Å². The topological polar surface area (TPSA) is 63.0 Å². The van der Waals surface area contributed by atoms with Crippen LogP contribution in [0.15, 0.2) is 24.5 Å². The van der Waals surface area contributed by atoms with Gasteiger partial charge in [-0.1, -0.05) is 0 Å². The van der Waals surface area contributed by atoms with Crippen molar-refractivity contribution < 1.29 is 13.9 Å². The maximum absolute atomic E-state index is 13.6. The van der Waals surface area contributed by atoms with Crippen LogP contribution in [0.25, 0.3) is 0 Å². The predicted molar refractivity (Wildman–Crippen MR) is 71.5 cm³/mol. The Morgan fingerprint density at radius 2 is 2.29 bits per heavy atom. The van der Waals surface area contributed by atoms with Gasteiger partial charge < -0.3 is 10.4 Å². The highest BCUT2D eigenvalue weighted by atomic mass is 19.1. The lowest BCUT2D eigenvalue weighted by atomic mass is 10.1. The van der Waals surface area contributed by atoms with E-state index in [-0.39, 0.29) is 18.2 Å². The second-order valence-electron chi connectivity index (χ2n) is 5.18. The van der Waals surface area contributed by atoms with Crippen molar-refractivity contribution in [3.8, 4) is 0 Å². The Hall–Kier alpha value is -1.86. The van der Waals surface area contributed by atoms with E-state index < -0.39 is 17.7 Å². The summed E-state index contributed by atoms with van der Waals surface area (Å²) in [6.07, 6.45) is 2.12. The van der Waals surface area contributed by atoms with Crippen molar-refractivity contribution in [3.63, 3.8) is 0 Å². The molecule has 0 amide bonds. The van der Waals surface area contributed by atoms with Crippen molar-refractivity contribution in [3.05, 3.63) is 47.5 Å². The number of hydrogen-bond acceptors (Lipinski definition) is 4. The van der Waals surface area contributed by atoms with Crippen LogP contribution in [0, 0.1) is 11.6 Å². The molecule has 112 valence electrons. The number of aromatic nitrogens is 3. The van der Waals surface area contributed by atoms with E-state index in [0.717, 1.165) is 36.9 Å². The van der Waals surface area contributed by atoms with Gasteiger partial charge in [-0.05, 0) is 24.6 Å². The van der Waals surface area contributed by atoms with E-state index in [2.05, 4.69) is 15.4 Å². The first-order chi connectivity index (χ1) is 10.1. The highest BCUT2D eigenvalue weighted by molar-refractivity contribution is 5.21. The number of aryl methyl sites for hydroxylation is 1. The molecule has 2 N–H and O–H groups in total. The van der Waals surface area contributed by atoms with Gasteiger partial charge in [0.1, 0.15) is 23.8 Å². The summed E-state index contributed by atoms with van der Waals surface area (Å²) in [5, 5.41) is 17.3. The van der Waals surface area contributed by atoms with Gasteiger partial charge in [-0.2, -0.15) is 5.10 Å². The van der Waals surface area contributed by atoms with Crippen LogP contribution in [0.4, 0.5) is 8.78 Å². The minimum atomic E-state index is -1.09. The molecule has 2 aromatic rings. The van der Waals surface area contributed by atoms with E-state index in [4.69, 9.17) is 0 Å². The summed E-state index contributed by atoms with van der Waals surface area (Å²) in [4.78, 5) is 4.14. The minimum absolute atomic E-state index is 0.0280. The van der Waals surface area contributed by atoms with Crippen LogP contribution in [0.5, 0.6) is 0 Å². The molecule has 7 heteroatoms. The highest BCUT2D eigenvalue weighted by Crippen LogP contribution is 2.18. The zero-order chi connectivity index (χ0) is 14.8. The number of rotatable bonds is 4. The van der Waals surface area contributed by atoms with Crippen LogP contribution in [0.1, 0.15) is 23.9 Å². The van der Waals surface area contributed by atoms with Crippen LogP contribution in [0.2, 0.25) is 0 Å². The smallest absolute Gasteiger partial charge is 0.138 e. The molecule has 0 fully saturated rings. The van der Waals surface area contributed by atoms with Gasteiger partial charge in [0.05, 0.1) is 12.6 Å². The Labute approximate surface area is 120 Å². The average Bonchev–Trinajstić information content (AvgIpc) is 2.94. The Kier molecular flexibility index (Phi) is 3.94. The van der Waals surface area contributed by atoms with Crippen molar-refractivity contribution in [2.45, 2.75) is 31.5 Å². The summed E-state index contributed by atoms with van der Waals surface area (Å²) in [6.45, 7) is 0.822.